The van der Waals surface area contributed by atoms with Crippen LogP contribution in [0.15, 0.2) is 12.4 Å². The SMILES string of the molecule is CC(C)CC(=O)N1CCC(Oc2ncc(F)cn2)CC1. The summed E-state index contributed by atoms with van der Waals surface area (Å²) in [5, 5.41) is 0. The summed E-state index contributed by atoms with van der Waals surface area (Å²) in [5.74, 6) is 0.104. The van der Waals surface area contributed by atoms with Crippen LogP contribution in [0.2, 0.25) is 0 Å². The summed E-state index contributed by atoms with van der Waals surface area (Å²) in [4.78, 5) is 21.4. The molecule has 110 valence electrons. The molecule has 1 aliphatic rings. The number of ether oxygens (including phenoxy) is 1. The number of aromatic nitrogens is 2. The summed E-state index contributed by atoms with van der Waals surface area (Å²) in [5.41, 5.74) is 0. The summed E-state index contributed by atoms with van der Waals surface area (Å²) >= 11 is 0. The smallest absolute Gasteiger partial charge is 0.316 e. The van der Waals surface area contributed by atoms with Crippen LogP contribution in [-0.4, -0.2) is 40.0 Å². The van der Waals surface area contributed by atoms with Gasteiger partial charge in [0.05, 0.1) is 12.4 Å². The molecule has 0 radical (unpaired) electrons. The Labute approximate surface area is 118 Å². The van der Waals surface area contributed by atoms with Gasteiger partial charge in [-0.2, -0.15) is 0 Å². The van der Waals surface area contributed by atoms with Gasteiger partial charge in [-0.25, -0.2) is 14.4 Å². The van der Waals surface area contributed by atoms with Crippen LogP contribution in [0, 0.1) is 11.7 Å². The molecule has 0 atom stereocenters. The molecule has 0 N–H and O–H groups in total. The normalized spacial score (nSPS) is 16.5. The third-order valence-electron chi connectivity index (χ3n) is 3.25. The molecule has 1 aliphatic heterocycles. The number of carbonyl (C=O) groups excluding carboxylic acids is 1. The molecule has 20 heavy (non-hydrogen) atoms. The molecular weight excluding hydrogens is 261 g/mol. The van der Waals surface area contributed by atoms with Crippen molar-refractivity contribution in [3.8, 4) is 6.01 Å². The van der Waals surface area contributed by atoms with Gasteiger partial charge in [0.15, 0.2) is 5.82 Å². The van der Waals surface area contributed by atoms with Gasteiger partial charge in [-0.15, -0.1) is 0 Å². The molecule has 5 nitrogen and oxygen atoms in total. The van der Waals surface area contributed by atoms with E-state index in [0.29, 0.717) is 25.4 Å². The second kappa shape index (κ2) is 6.63. The predicted molar refractivity (Wildman–Crippen MR) is 71.7 cm³/mol. The zero-order chi connectivity index (χ0) is 14.5. The van der Waals surface area contributed by atoms with Crippen LogP contribution in [-0.2, 0) is 4.79 Å². The fraction of sp³-hybridized carbons (Fsp3) is 0.643. The number of hydrogen-bond donors (Lipinski definition) is 0. The van der Waals surface area contributed by atoms with Gasteiger partial charge in [0.2, 0.25) is 5.91 Å². The number of piperidine rings is 1. The number of nitrogens with zero attached hydrogens (tertiary/aromatic N) is 3. The maximum Gasteiger partial charge on any atom is 0.316 e. The lowest BCUT2D eigenvalue weighted by Crippen LogP contribution is -2.42. The first-order valence-corrected chi connectivity index (χ1v) is 6.96. The van der Waals surface area contributed by atoms with Crippen molar-refractivity contribution in [3.05, 3.63) is 18.2 Å². The van der Waals surface area contributed by atoms with Crippen LogP contribution in [0.5, 0.6) is 6.01 Å². The van der Waals surface area contributed by atoms with Gasteiger partial charge in [0.25, 0.3) is 0 Å². The zero-order valence-electron chi connectivity index (χ0n) is 11.9. The van der Waals surface area contributed by atoms with Gasteiger partial charge in [-0.3, -0.25) is 4.79 Å². The van der Waals surface area contributed by atoms with E-state index >= 15 is 0 Å². The highest BCUT2D eigenvalue weighted by atomic mass is 19.1. The number of halogens is 1. The molecule has 0 aromatic carbocycles. The van der Waals surface area contributed by atoms with Crippen molar-refractivity contribution in [2.45, 2.75) is 39.2 Å². The summed E-state index contributed by atoms with van der Waals surface area (Å²) in [6, 6.07) is 0.193. The Bertz CT molecular complexity index is 442. The zero-order valence-corrected chi connectivity index (χ0v) is 11.9. The fourth-order valence-corrected chi connectivity index (χ4v) is 2.21. The van der Waals surface area contributed by atoms with Crippen molar-refractivity contribution in [1.82, 2.24) is 14.9 Å². The van der Waals surface area contributed by atoms with Crippen molar-refractivity contribution in [2.24, 2.45) is 5.92 Å². The van der Waals surface area contributed by atoms with Crippen LogP contribution in [0.1, 0.15) is 33.1 Å². The molecule has 6 heteroatoms. The van der Waals surface area contributed by atoms with Crippen LogP contribution in [0.4, 0.5) is 4.39 Å². The Morgan fingerprint density at radius 2 is 2.00 bits per heavy atom. The van der Waals surface area contributed by atoms with Gasteiger partial charge in [-0.1, -0.05) is 13.8 Å². The number of carbonyl (C=O) groups is 1. The minimum absolute atomic E-state index is 0.0106. The van der Waals surface area contributed by atoms with Crippen LogP contribution < -0.4 is 4.74 Å². The van der Waals surface area contributed by atoms with Gasteiger partial charge in [-0.05, 0) is 5.92 Å². The van der Waals surface area contributed by atoms with Crippen molar-refractivity contribution in [2.75, 3.05) is 13.1 Å². The van der Waals surface area contributed by atoms with E-state index in [4.69, 9.17) is 4.74 Å². The average molecular weight is 281 g/mol. The fourth-order valence-electron chi connectivity index (χ4n) is 2.21. The average Bonchev–Trinajstić information content (AvgIpc) is 2.41. The Hall–Kier alpha value is -1.72. The molecule has 1 aromatic heterocycles. The molecule has 1 fully saturated rings. The van der Waals surface area contributed by atoms with Crippen molar-refractivity contribution < 1.29 is 13.9 Å². The van der Waals surface area contributed by atoms with E-state index in [-0.39, 0.29) is 18.0 Å². The summed E-state index contributed by atoms with van der Waals surface area (Å²) < 4.78 is 18.3. The molecule has 1 amide bonds. The van der Waals surface area contributed by atoms with E-state index in [1.165, 1.54) is 0 Å². The van der Waals surface area contributed by atoms with Crippen molar-refractivity contribution >= 4 is 5.91 Å². The lowest BCUT2D eigenvalue weighted by Gasteiger charge is -2.32. The van der Waals surface area contributed by atoms with E-state index in [9.17, 15) is 9.18 Å². The Morgan fingerprint density at radius 3 is 2.55 bits per heavy atom. The Balaban J connectivity index is 1.79. The van der Waals surface area contributed by atoms with Gasteiger partial charge < -0.3 is 9.64 Å². The van der Waals surface area contributed by atoms with Crippen molar-refractivity contribution in [1.29, 1.82) is 0 Å². The number of likely N-dealkylation sites (tertiary alicyclic amines) is 1. The number of rotatable bonds is 4. The molecule has 2 heterocycles. The van der Waals surface area contributed by atoms with Gasteiger partial charge in [0.1, 0.15) is 6.10 Å². The number of amides is 1. The van der Waals surface area contributed by atoms with Crippen LogP contribution >= 0.6 is 0 Å². The highest BCUT2D eigenvalue weighted by Crippen LogP contribution is 2.17. The van der Waals surface area contributed by atoms with E-state index in [1.54, 1.807) is 0 Å². The summed E-state index contributed by atoms with van der Waals surface area (Å²) in [6.45, 7) is 5.47. The van der Waals surface area contributed by atoms with E-state index < -0.39 is 5.82 Å². The Kier molecular flexibility index (Phi) is 4.87. The Morgan fingerprint density at radius 1 is 1.40 bits per heavy atom. The molecule has 0 unspecified atom stereocenters. The second-order valence-electron chi connectivity index (χ2n) is 5.48. The molecule has 0 aliphatic carbocycles. The highest BCUT2D eigenvalue weighted by molar-refractivity contribution is 5.76. The maximum absolute atomic E-state index is 12.7. The van der Waals surface area contributed by atoms with Crippen LogP contribution in [0.3, 0.4) is 0 Å². The quantitative estimate of drug-likeness (QED) is 0.847. The topological polar surface area (TPSA) is 55.3 Å². The van der Waals surface area contributed by atoms with Crippen molar-refractivity contribution in [3.63, 3.8) is 0 Å². The first-order valence-electron chi connectivity index (χ1n) is 6.96. The predicted octanol–water partition coefficient (Wildman–Crippen LogP) is 2.03. The standard InChI is InChI=1S/C14H20FN3O2/c1-10(2)7-13(19)18-5-3-12(4-6-18)20-14-16-8-11(15)9-17-14/h8-10,12H,3-7H2,1-2H3. The first-order chi connectivity index (χ1) is 9.54. The number of hydrogen-bond acceptors (Lipinski definition) is 4. The first kappa shape index (κ1) is 14.7. The van der Waals surface area contributed by atoms with Crippen LogP contribution in [0.25, 0.3) is 0 Å². The third-order valence-corrected chi connectivity index (χ3v) is 3.25. The molecule has 1 saturated heterocycles. The molecule has 2 rings (SSSR count). The summed E-state index contributed by atoms with van der Waals surface area (Å²) in [7, 11) is 0. The second-order valence-corrected chi connectivity index (χ2v) is 5.48. The van der Waals surface area contributed by atoms with Gasteiger partial charge >= 0.3 is 6.01 Å². The lowest BCUT2D eigenvalue weighted by atomic mass is 10.1. The molecule has 0 spiro atoms. The maximum atomic E-state index is 12.7. The van der Waals surface area contributed by atoms with E-state index in [1.807, 2.05) is 18.7 Å². The van der Waals surface area contributed by atoms with Gasteiger partial charge in [0, 0.05) is 32.4 Å². The highest BCUT2D eigenvalue weighted by Gasteiger charge is 2.24. The minimum atomic E-state index is -0.480. The molecular formula is C14H20FN3O2. The summed E-state index contributed by atoms with van der Waals surface area (Å²) in [6.07, 6.45) is 4.26. The van der Waals surface area contributed by atoms with E-state index in [2.05, 4.69) is 9.97 Å². The molecule has 0 saturated carbocycles. The lowest BCUT2D eigenvalue weighted by molar-refractivity contribution is -0.133. The monoisotopic (exact) mass is 281 g/mol. The van der Waals surface area contributed by atoms with E-state index in [0.717, 1.165) is 25.2 Å². The minimum Gasteiger partial charge on any atom is -0.460 e. The largest absolute Gasteiger partial charge is 0.460 e. The third kappa shape index (κ3) is 4.15. The molecule has 0 bridgehead atoms. The molecule has 1 aromatic rings.